The smallest absolute Gasteiger partial charge is 0.343 e. The zero-order valence-corrected chi connectivity index (χ0v) is 15.5. The Balaban J connectivity index is 1.72. The topological polar surface area (TPSA) is 117 Å². The number of hydrogen-bond acceptors (Lipinski definition) is 7. The van der Waals surface area contributed by atoms with Crippen molar-refractivity contribution in [2.24, 2.45) is 0 Å². The van der Waals surface area contributed by atoms with Crippen molar-refractivity contribution in [3.05, 3.63) is 56.8 Å². The van der Waals surface area contributed by atoms with Crippen LogP contribution in [-0.2, 0) is 9.53 Å². The van der Waals surface area contributed by atoms with Gasteiger partial charge in [-0.05, 0) is 12.1 Å². The van der Waals surface area contributed by atoms with E-state index >= 15 is 0 Å². The summed E-state index contributed by atoms with van der Waals surface area (Å²) in [5.41, 5.74) is -1.10. The molecule has 0 saturated heterocycles. The summed E-state index contributed by atoms with van der Waals surface area (Å²) in [7, 11) is 0. The second-order valence-corrected chi connectivity index (χ2v) is 6.25. The molecule has 1 aliphatic heterocycles. The lowest BCUT2D eigenvalue weighted by Crippen LogP contribution is -2.22. The van der Waals surface area contributed by atoms with Gasteiger partial charge in [0.1, 0.15) is 17.1 Å². The van der Waals surface area contributed by atoms with Gasteiger partial charge in [0.2, 0.25) is 0 Å². The second-order valence-electron chi connectivity index (χ2n) is 5.84. The molecule has 2 aromatic carbocycles. The number of nitro groups is 1. The summed E-state index contributed by atoms with van der Waals surface area (Å²) in [5.74, 6) is -2.49. The number of halogens is 2. The van der Waals surface area contributed by atoms with Crippen molar-refractivity contribution in [1.29, 1.82) is 0 Å². The molecule has 1 aliphatic rings. The van der Waals surface area contributed by atoms with Gasteiger partial charge in [-0.15, -0.1) is 0 Å². The minimum Gasteiger partial charge on any atom is -0.489 e. The number of carbonyl (C=O) groups excluding carboxylic acids is 2. The van der Waals surface area contributed by atoms with Crippen LogP contribution in [0.5, 0.6) is 11.5 Å². The van der Waals surface area contributed by atoms with Crippen molar-refractivity contribution in [2.45, 2.75) is 6.42 Å². The van der Waals surface area contributed by atoms with E-state index in [0.29, 0.717) is 19.6 Å². The lowest BCUT2D eigenvalue weighted by atomic mass is 10.2. The predicted octanol–water partition coefficient (Wildman–Crippen LogP) is 3.34. The van der Waals surface area contributed by atoms with Crippen LogP contribution >= 0.6 is 11.6 Å². The van der Waals surface area contributed by atoms with E-state index in [1.807, 2.05) is 0 Å². The van der Waals surface area contributed by atoms with Crippen molar-refractivity contribution >= 4 is 34.9 Å². The lowest BCUT2D eigenvalue weighted by molar-refractivity contribution is -0.384. The van der Waals surface area contributed by atoms with Crippen LogP contribution in [0.25, 0.3) is 0 Å². The first kappa shape index (κ1) is 20.3. The number of fused-ring (bicyclic) bond motifs is 1. The molecule has 1 heterocycles. The summed E-state index contributed by atoms with van der Waals surface area (Å²) in [5, 5.41) is 13.4. The highest BCUT2D eigenvalue weighted by atomic mass is 35.5. The summed E-state index contributed by atoms with van der Waals surface area (Å²) >= 11 is 5.76. The Hall–Kier alpha value is -3.40. The van der Waals surface area contributed by atoms with Gasteiger partial charge >= 0.3 is 5.97 Å². The molecule has 2 aromatic rings. The van der Waals surface area contributed by atoms with Gasteiger partial charge < -0.3 is 19.5 Å². The van der Waals surface area contributed by atoms with Crippen LogP contribution in [0.15, 0.2) is 30.3 Å². The average molecular weight is 425 g/mol. The zero-order valence-electron chi connectivity index (χ0n) is 14.8. The number of hydrogen-bond donors (Lipinski definition) is 1. The number of nitrogens with one attached hydrogen (secondary N) is 1. The van der Waals surface area contributed by atoms with Crippen LogP contribution in [0.4, 0.5) is 15.8 Å². The first-order valence-electron chi connectivity index (χ1n) is 8.36. The fourth-order valence-electron chi connectivity index (χ4n) is 2.53. The summed E-state index contributed by atoms with van der Waals surface area (Å²) in [6.07, 6.45) is 0.596. The number of benzene rings is 2. The molecule has 0 atom stereocenters. The number of nitro benzene ring substituents is 1. The van der Waals surface area contributed by atoms with Crippen LogP contribution in [0, 0.1) is 15.9 Å². The number of ether oxygens (including phenoxy) is 3. The maximum atomic E-state index is 13.7. The molecule has 0 fully saturated rings. The van der Waals surface area contributed by atoms with Crippen LogP contribution < -0.4 is 14.8 Å². The number of rotatable bonds is 5. The molecular formula is C18H14ClFN2O7. The highest BCUT2D eigenvalue weighted by Crippen LogP contribution is 2.39. The number of nitrogens with zero attached hydrogens (tertiary/aromatic N) is 1. The summed E-state index contributed by atoms with van der Waals surface area (Å²) < 4.78 is 29.3. The molecule has 0 radical (unpaired) electrons. The van der Waals surface area contributed by atoms with Crippen molar-refractivity contribution < 1.29 is 33.1 Å². The fourth-order valence-corrected chi connectivity index (χ4v) is 2.77. The molecule has 0 spiro atoms. The van der Waals surface area contributed by atoms with Gasteiger partial charge in [0.05, 0.1) is 29.2 Å². The van der Waals surface area contributed by atoms with E-state index < -0.39 is 40.5 Å². The monoisotopic (exact) mass is 424 g/mol. The predicted molar refractivity (Wildman–Crippen MR) is 99.0 cm³/mol. The van der Waals surface area contributed by atoms with E-state index in [-0.39, 0.29) is 22.2 Å². The molecule has 152 valence electrons. The Kier molecular flexibility index (Phi) is 6.13. The van der Waals surface area contributed by atoms with Gasteiger partial charge in [-0.2, -0.15) is 0 Å². The molecular weight excluding hydrogens is 411 g/mol. The number of esters is 1. The van der Waals surface area contributed by atoms with Gasteiger partial charge in [-0.3, -0.25) is 14.9 Å². The Morgan fingerprint density at radius 2 is 1.93 bits per heavy atom. The van der Waals surface area contributed by atoms with Gasteiger partial charge in [-0.1, -0.05) is 17.7 Å². The Bertz CT molecular complexity index is 963. The molecule has 0 saturated carbocycles. The molecule has 0 unspecified atom stereocenters. The first-order chi connectivity index (χ1) is 13.9. The quantitative estimate of drug-likeness (QED) is 0.444. The Labute approximate surface area is 168 Å². The summed E-state index contributed by atoms with van der Waals surface area (Å²) in [6.45, 7) is -0.126. The van der Waals surface area contributed by atoms with Crippen molar-refractivity contribution in [1.82, 2.24) is 0 Å². The third-order valence-corrected chi connectivity index (χ3v) is 4.15. The zero-order chi connectivity index (χ0) is 21.0. The lowest BCUT2D eigenvalue weighted by Gasteiger charge is -2.12. The third-order valence-electron chi connectivity index (χ3n) is 3.84. The number of anilines is 1. The van der Waals surface area contributed by atoms with Gasteiger partial charge in [0.25, 0.3) is 11.6 Å². The highest BCUT2D eigenvalue weighted by molar-refractivity contribution is 6.33. The molecule has 0 aliphatic carbocycles. The normalized spacial score (nSPS) is 12.6. The van der Waals surface area contributed by atoms with E-state index in [0.717, 1.165) is 12.1 Å². The van der Waals surface area contributed by atoms with E-state index in [1.54, 1.807) is 0 Å². The molecule has 0 bridgehead atoms. The standard InChI is InChI=1S/C18H14ClFN2O7/c19-10-3-1-4-11(20)17(10)18(24)29-9-16(23)21-12-7-14-15(8-13(12)22(25)26)28-6-2-5-27-14/h1,3-4,7-8H,2,5-6,9H2,(H,21,23). The fraction of sp³-hybridized carbons (Fsp3) is 0.222. The number of amides is 1. The maximum absolute atomic E-state index is 13.7. The molecule has 3 rings (SSSR count). The van der Waals surface area contributed by atoms with Gasteiger partial charge in [0, 0.05) is 12.5 Å². The molecule has 11 heteroatoms. The van der Waals surface area contributed by atoms with E-state index in [2.05, 4.69) is 5.32 Å². The third kappa shape index (κ3) is 4.72. The van der Waals surface area contributed by atoms with Crippen LogP contribution in [0.3, 0.4) is 0 Å². The van der Waals surface area contributed by atoms with Crippen LogP contribution in [0.2, 0.25) is 5.02 Å². The molecule has 9 nitrogen and oxygen atoms in total. The van der Waals surface area contributed by atoms with Gasteiger partial charge in [0.15, 0.2) is 18.1 Å². The minimum absolute atomic E-state index is 0.163. The van der Waals surface area contributed by atoms with Crippen LogP contribution in [0.1, 0.15) is 16.8 Å². The number of carbonyl (C=O) groups is 2. The minimum atomic E-state index is -1.14. The first-order valence-corrected chi connectivity index (χ1v) is 8.73. The molecule has 1 N–H and O–H groups in total. The summed E-state index contributed by atoms with van der Waals surface area (Å²) in [4.78, 5) is 34.7. The van der Waals surface area contributed by atoms with Crippen molar-refractivity contribution in [2.75, 3.05) is 25.1 Å². The largest absolute Gasteiger partial charge is 0.489 e. The Morgan fingerprint density at radius 1 is 1.24 bits per heavy atom. The average Bonchev–Trinajstić information content (AvgIpc) is 2.90. The highest BCUT2D eigenvalue weighted by Gasteiger charge is 2.24. The van der Waals surface area contributed by atoms with Crippen molar-refractivity contribution in [3.8, 4) is 11.5 Å². The Morgan fingerprint density at radius 3 is 2.59 bits per heavy atom. The molecule has 1 amide bonds. The molecule has 0 aromatic heterocycles. The van der Waals surface area contributed by atoms with E-state index in [4.69, 9.17) is 25.8 Å². The summed E-state index contributed by atoms with van der Waals surface area (Å²) in [6, 6.07) is 6.02. The second kappa shape index (κ2) is 8.74. The van der Waals surface area contributed by atoms with Crippen LogP contribution in [-0.4, -0.2) is 36.6 Å². The van der Waals surface area contributed by atoms with Crippen molar-refractivity contribution in [3.63, 3.8) is 0 Å². The maximum Gasteiger partial charge on any atom is 0.343 e. The van der Waals surface area contributed by atoms with E-state index in [9.17, 15) is 24.1 Å². The SMILES string of the molecule is O=C(COC(=O)c1c(F)cccc1Cl)Nc1cc2c(cc1[N+](=O)[O-])OCCCO2. The molecule has 29 heavy (non-hydrogen) atoms. The van der Waals surface area contributed by atoms with Gasteiger partial charge in [-0.25, -0.2) is 9.18 Å². The van der Waals surface area contributed by atoms with E-state index in [1.165, 1.54) is 18.2 Å².